The summed E-state index contributed by atoms with van der Waals surface area (Å²) in [5.41, 5.74) is 1.30. The van der Waals surface area contributed by atoms with Gasteiger partial charge in [-0.2, -0.15) is 0 Å². The van der Waals surface area contributed by atoms with Crippen molar-refractivity contribution in [3.8, 4) is 0 Å². The minimum absolute atomic E-state index is 0.224. The van der Waals surface area contributed by atoms with Crippen molar-refractivity contribution in [1.29, 1.82) is 0 Å². The van der Waals surface area contributed by atoms with Gasteiger partial charge in [-0.05, 0) is 76.1 Å². The number of piperidine rings is 1. The number of ether oxygens (including phenoxy) is 2. The molecule has 3 rings (SSSR count). The summed E-state index contributed by atoms with van der Waals surface area (Å²) in [6.07, 6.45) is 2.43. The highest BCUT2D eigenvalue weighted by molar-refractivity contribution is 5.93. The number of carbonyl (C=O) groups excluding carboxylic acids is 2. The molecule has 0 unspecified atom stereocenters. The minimum atomic E-state index is -0.975. The van der Waals surface area contributed by atoms with Crippen LogP contribution in [0.2, 0.25) is 0 Å². The van der Waals surface area contributed by atoms with Gasteiger partial charge in [0.25, 0.3) is 0 Å². The van der Waals surface area contributed by atoms with E-state index < -0.39 is 17.7 Å². The normalized spacial score (nSPS) is 16.9. The molecule has 0 aliphatic carbocycles. The van der Waals surface area contributed by atoms with Crippen LogP contribution in [-0.2, 0) is 15.9 Å². The van der Waals surface area contributed by atoms with Crippen LogP contribution in [0.1, 0.15) is 56.0 Å². The SMILES string of the molecule is CC(C)(C)OC(=O)N1CCC(CCOC(=O)N2CCc3cc(C(=O)O)ccc32)CC1. The van der Waals surface area contributed by atoms with Crippen LogP contribution in [-0.4, -0.2) is 60.0 Å². The Labute approximate surface area is 176 Å². The molecule has 30 heavy (non-hydrogen) atoms. The topological polar surface area (TPSA) is 96.4 Å². The fourth-order valence-corrected chi connectivity index (χ4v) is 3.85. The molecule has 0 bridgehead atoms. The van der Waals surface area contributed by atoms with Crippen molar-refractivity contribution in [2.75, 3.05) is 31.1 Å². The minimum Gasteiger partial charge on any atom is -0.478 e. The Bertz CT molecular complexity index is 808. The zero-order valence-corrected chi connectivity index (χ0v) is 17.8. The molecule has 0 saturated carbocycles. The molecule has 2 heterocycles. The number of carboxylic acids is 1. The fourth-order valence-electron chi connectivity index (χ4n) is 3.85. The van der Waals surface area contributed by atoms with Crippen molar-refractivity contribution in [2.24, 2.45) is 5.92 Å². The molecule has 1 saturated heterocycles. The predicted octanol–water partition coefficient (Wildman–Crippen LogP) is 3.92. The Morgan fingerprint density at radius 3 is 2.43 bits per heavy atom. The number of hydrogen-bond donors (Lipinski definition) is 1. The first-order valence-electron chi connectivity index (χ1n) is 10.4. The summed E-state index contributed by atoms with van der Waals surface area (Å²) < 4.78 is 10.9. The molecular formula is C22H30N2O6. The van der Waals surface area contributed by atoms with Gasteiger partial charge in [0.2, 0.25) is 0 Å². The first-order valence-corrected chi connectivity index (χ1v) is 10.4. The van der Waals surface area contributed by atoms with Crippen LogP contribution in [0.4, 0.5) is 15.3 Å². The lowest BCUT2D eigenvalue weighted by Gasteiger charge is -2.33. The summed E-state index contributed by atoms with van der Waals surface area (Å²) in [6, 6.07) is 4.79. The van der Waals surface area contributed by atoms with E-state index in [4.69, 9.17) is 14.6 Å². The van der Waals surface area contributed by atoms with Crippen LogP contribution in [0, 0.1) is 5.92 Å². The summed E-state index contributed by atoms with van der Waals surface area (Å²) >= 11 is 0. The van der Waals surface area contributed by atoms with Crippen LogP contribution >= 0.6 is 0 Å². The monoisotopic (exact) mass is 418 g/mol. The molecule has 8 nitrogen and oxygen atoms in total. The van der Waals surface area contributed by atoms with Gasteiger partial charge < -0.3 is 19.5 Å². The van der Waals surface area contributed by atoms with Gasteiger partial charge in [0.15, 0.2) is 0 Å². The Hall–Kier alpha value is -2.77. The third-order valence-corrected chi connectivity index (χ3v) is 5.46. The standard InChI is InChI=1S/C22H30N2O6/c1-22(2,3)30-20(27)23-10-6-15(7-11-23)9-13-29-21(28)24-12-8-16-14-17(19(25)26)4-5-18(16)24/h4-5,14-15H,6-13H2,1-3H3,(H,25,26). The number of fused-ring (bicyclic) bond motifs is 1. The fraction of sp³-hybridized carbons (Fsp3) is 0.591. The first kappa shape index (κ1) is 21.9. The molecular weight excluding hydrogens is 388 g/mol. The van der Waals surface area contributed by atoms with E-state index in [0.717, 1.165) is 30.5 Å². The molecule has 164 valence electrons. The molecule has 0 spiro atoms. The number of aromatic carboxylic acids is 1. The number of rotatable bonds is 4. The van der Waals surface area contributed by atoms with E-state index in [0.29, 0.717) is 38.6 Å². The van der Waals surface area contributed by atoms with Gasteiger partial charge in [0.1, 0.15) is 5.60 Å². The average molecular weight is 418 g/mol. The van der Waals surface area contributed by atoms with Crippen LogP contribution in [0.5, 0.6) is 0 Å². The number of amides is 2. The third kappa shape index (κ3) is 5.43. The Kier molecular flexibility index (Phi) is 6.53. The lowest BCUT2D eigenvalue weighted by molar-refractivity contribution is 0.0175. The molecule has 0 atom stereocenters. The van der Waals surface area contributed by atoms with Crippen LogP contribution in [0.25, 0.3) is 0 Å². The van der Waals surface area contributed by atoms with Crippen LogP contribution in [0.3, 0.4) is 0 Å². The summed E-state index contributed by atoms with van der Waals surface area (Å²) in [5.74, 6) is -0.572. The van der Waals surface area contributed by atoms with E-state index in [9.17, 15) is 14.4 Å². The van der Waals surface area contributed by atoms with Gasteiger partial charge >= 0.3 is 18.2 Å². The van der Waals surface area contributed by atoms with E-state index >= 15 is 0 Å². The van der Waals surface area contributed by atoms with Gasteiger partial charge in [-0.25, -0.2) is 14.4 Å². The number of benzene rings is 1. The predicted molar refractivity (Wildman–Crippen MR) is 111 cm³/mol. The van der Waals surface area contributed by atoms with Crippen molar-refractivity contribution in [3.05, 3.63) is 29.3 Å². The number of likely N-dealkylation sites (tertiary alicyclic amines) is 1. The molecule has 1 aromatic rings. The number of carbonyl (C=O) groups is 3. The van der Waals surface area contributed by atoms with Crippen molar-refractivity contribution in [1.82, 2.24) is 4.90 Å². The summed E-state index contributed by atoms with van der Waals surface area (Å²) in [7, 11) is 0. The van der Waals surface area contributed by atoms with Gasteiger partial charge in [0, 0.05) is 19.6 Å². The van der Waals surface area contributed by atoms with Crippen LogP contribution in [0.15, 0.2) is 18.2 Å². The molecule has 2 aliphatic rings. The summed E-state index contributed by atoms with van der Waals surface area (Å²) in [6.45, 7) is 7.69. The molecule has 1 fully saturated rings. The maximum absolute atomic E-state index is 12.5. The van der Waals surface area contributed by atoms with Gasteiger partial charge in [0.05, 0.1) is 17.9 Å². The van der Waals surface area contributed by atoms with E-state index in [1.54, 1.807) is 21.9 Å². The summed E-state index contributed by atoms with van der Waals surface area (Å²) in [4.78, 5) is 39.0. The van der Waals surface area contributed by atoms with E-state index in [1.807, 2.05) is 20.8 Å². The zero-order chi connectivity index (χ0) is 21.9. The number of anilines is 1. The molecule has 2 aliphatic heterocycles. The average Bonchev–Trinajstić information content (AvgIpc) is 3.10. The lowest BCUT2D eigenvalue weighted by Crippen LogP contribution is -2.42. The maximum Gasteiger partial charge on any atom is 0.414 e. The maximum atomic E-state index is 12.5. The quantitative estimate of drug-likeness (QED) is 0.796. The van der Waals surface area contributed by atoms with E-state index in [-0.39, 0.29) is 11.7 Å². The summed E-state index contributed by atoms with van der Waals surface area (Å²) in [5, 5.41) is 9.09. The van der Waals surface area contributed by atoms with Gasteiger partial charge in [-0.3, -0.25) is 4.90 Å². The third-order valence-electron chi connectivity index (χ3n) is 5.46. The van der Waals surface area contributed by atoms with Crippen molar-refractivity contribution in [3.63, 3.8) is 0 Å². The molecule has 2 amide bonds. The second kappa shape index (κ2) is 8.93. The zero-order valence-electron chi connectivity index (χ0n) is 17.8. The molecule has 1 aromatic carbocycles. The smallest absolute Gasteiger partial charge is 0.414 e. The second-order valence-corrected chi connectivity index (χ2v) is 8.86. The van der Waals surface area contributed by atoms with Crippen molar-refractivity contribution >= 4 is 23.8 Å². The lowest BCUT2D eigenvalue weighted by atomic mass is 9.94. The molecule has 0 aromatic heterocycles. The Morgan fingerprint density at radius 2 is 1.80 bits per heavy atom. The Balaban J connectivity index is 1.41. The molecule has 8 heteroatoms. The number of nitrogens with zero attached hydrogens (tertiary/aromatic N) is 2. The Morgan fingerprint density at radius 1 is 1.10 bits per heavy atom. The van der Waals surface area contributed by atoms with E-state index in [2.05, 4.69) is 0 Å². The van der Waals surface area contributed by atoms with Crippen molar-refractivity contribution in [2.45, 2.75) is 52.1 Å². The highest BCUT2D eigenvalue weighted by atomic mass is 16.6. The van der Waals surface area contributed by atoms with E-state index in [1.165, 1.54) is 6.07 Å². The van der Waals surface area contributed by atoms with Gasteiger partial charge in [-0.1, -0.05) is 0 Å². The largest absolute Gasteiger partial charge is 0.478 e. The van der Waals surface area contributed by atoms with Gasteiger partial charge in [-0.15, -0.1) is 0 Å². The molecule has 1 N–H and O–H groups in total. The second-order valence-electron chi connectivity index (χ2n) is 8.86. The molecule has 0 radical (unpaired) electrons. The van der Waals surface area contributed by atoms with Crippen molar-refractivity contribution < 1.29 is 29.0 Å². The number of carboxylic acid groups (broad SMARTS) is 1. The van der Waals surface area contributed by atoms with Crippen LogP contribution < -0.4 is 4.90 Å². The highest BCUT2D eigenvalue weighted by Crippen LogP contribution is 2.30. The highest BCUT2D eigenvalue weighted by Gasteiger charge is 2.29. The first-order chi connectivity index (χ1) is 14.1. The number of hydrogen-bond acceptors (Lipinski definition) is 5.